The molecule has 2 aliphatic carbocycles. The molecule has 0 aromatic carbocycles. The van der Waals surface area contributed by atoms with E-state index in [2.05, 4.69) is 9.97 Å². The van der Waals surface area contributed by atoms with E-state index in [0.29, 0.717) is 31.0 Å². The van der Waals surface area contributed by atoms with E-state index in [1.165, 1.54) is 12.3 Å². The molecule has 154 valence electrons. The first-order valence-electron chi connectivity index (χ1n) is 10.1. The van der Waals surface area contributed by atoms with E-state index < -0.39 is 11.9 Å². The third-order valence-corrected chi connectivity index (χ3v) is 6.09. The highest BCUT2D eigenvalue weighted by Gasteiger charge is 2.35. The van der Waals surface area contributed by atoms with Gasteiger partial charge in [0.1, 0.15) is 11.4 Å². The van der Waals surface area contributed by atoms with Crippen LogP contribution in [0.4, 0.5) is 13.2 Å². The van der Waals surface area contributed by atoms with Crippen molar-refractivity contribution < 1.29 is 18.0 Å². The standard InChI is InChI=1S/C22H24F3N3O/c23-22(24,25)19-10-7-16(12-27-19)13-1-5-15(6-2-13)21(29)20-18(14-3-4-14)9-8-17(11-26)28-20/h7-10,12-15H,1-6,11,26H2. The minimum Gasteiger partial charge on any atom is -0.325 e. The van der Waals surface area contributed by atoms with Gasteiger partial charge in [-0.05, 0) is 73.6 Å². The summed E-state index contributed by atoms with van der Waals surface area (Å²) in [7, 11) is 0. The molecule has 2 N–H and O–H groups in total. The van der Waals surface area contributed by atoms with Gasteiger partial charge in [0, 0.05) is 18.7 Å². The molecule has 0 spiro atoms. The van der Waals surface area contributed by atoms with Gasteiger partial charge in [-0.2, -0.15) is 13.2 Å². The van der Waals surface area contributed by atoms with Gasteiger partial charge in [-0.1, -0.05) is 12.1 Å². The summed E-state index contributed by atoms with van der Waals surface area (Å²) < 4.78 is 38.1. The van der Waals surface area contributed by atoms with Crippen LogP contribution in [0.5, 0.6) is 0 Å². The number of nitrogens with two attached hydrogens (primary N) is 1. The molecule has 0 aliphatic heterocycles. The third-order valence-electron chi connectivity index (χ3n) is 6.09. The Labute approximate surface area is 167 Å². The average molecular weight is 403 g/mol. The van der Waals surface area contributed by atoms with Crippen molar-refractivity contribution in [1.29, 1.82) is 0 Å². The summed E-state index contributed by atoms with van der Waals surface area (Å²) in [4.78, 5) is 21.3. The van der Waals surface area contributed by atoms with E-state index in [4.69, 9.17) is 5.73 Å². The number of carbonyl (C=O) groups is 1. The fraction of sp³-hybridized carbons (Fsp3) is 0.500. The number of alkyl halides is 3. The summed E-state index contributed by atoms with van der Waals surface area (Å²) >= 11 is 0. The van der Waals surface area contributed by atoms with Crippen molar-refractivity contribution in [3.05, 3.63) is 58.7 Å². The Morgan fingerprint density at radius 2 is 1.69 bits per heavy atom. The molecule has 2 aliphatic rings. The van der Waals surface area contributed by atoms with Crippen LogP contribution in [0, 0.1) is 5.92 Å². The number of pyridine rings is 2. The van der Waals surface area contributed by atoms with Gasteiger partial charge < -0.3 is 5.73 Å². The predicted molar refractivity (Wildman–Crippen MR) is 102 cm³/mol. The van der Waals surface area contributed by atoms with Gasteiger partial charge in [-0.3, -0.25) is 9.78 Å². The maximum absolute atomic E-state index is 13.2. The highest BCUT2D eigenvalue weighted by atomic mass is 19.4. The van der Waals surface area contributed by atoms with Crippen LogP contribution in [-0.2, 0) is 12.7 Å². The van der Waals surface area contributed by atoms with E-state index in [1.807, 2.05) is 12.1 Å². The van der Waals surface area contributed by atoms with E-state index in [0.717, 1.165) is 48.6 Å². The van der Waals surface area contributed by atoms with Gasteiger partial charge in [0.25, 0.3) is 0 Å². The molecule has 2 fully saturated rings. The molecule has 0 unspecified atom stereocenters. The van der Waals surface area contributed by atoms with Crippen molar-refractivity contribution in [3.63, 3.8) is 0 Å². The second-order valence-electron chi connectivity index (χ2n) is 8.11. The number of nitrogens with zero attached hydrogens (tertiary/aromatic N) is 2. The van der Waals surface area contributed by atoms with E-state index in [-0.39, 0.29) is 17.6 Å². The third kappa shape index (κ3) is 4.34. The highest BCUT2D eigenvalue weighted by Crippen LogP contribution is 2.43. The number of ketones is 1. The second kappa shape index (κ2) is 7.86. The SMILES string of the molecule is NCc1ccc(C2CC2)c(C(=O)C2CCC(c3ccc(C(F)(F)F)nc3)CC2)n1. The normalized spacial score (nSPS) is 22.5. The van der Waals surface area contributed by atoms with Crippen LogP contribution in [-0.4, -0.2) is 15.8 Å². The molecule has 7 heteroatoms. The summed E-state index contributed by atoms with van der Waals surface area (Å²) in [6.07, 6.45) is 2.04. The van der Waals surface area contributed by atoms with E-state index in [9.17, 15) is 18.0 Å². The molecule has 2 heterocycles. The largest absolute Gasteiger partial charge is 0.433 e. The van der Waals surface area contributed by atoms with Gasteiger partial charge in [-0.15, -0.1) is 0 Å². The number of carbonyl (C=O) groups excluding carboxylic acids is 1. The predicted octanol–water partition coefficient (Wildman–Crippen LogP) is 4.99. The van der Waals surface area contributed by atoms with Crippen molar-refractivity contribution in [3.8, 4) is 0 Å². The number of halogens is 3. The lowest BCUT2D eigenvalue weighted by molar-refractivity contribution is -0.141. The Bertz CT molecular complexity index is 883. The summed E-state index contributed by atoms with van der Waals surface area (Å²) in [5.74, 6) is 0.570. The van der Waals surface area contributed by atoms with Gasteiger partial charge in [0.2, 0.25) is 0 Å². The van der Waals surface area contributed by atoms with Crippen molar-refractivity contribution in [2.24, 2.45) is 11.7 Å². The van der Waals surface area contributed by atoms with E-state index in [1.54, 1.807) is 0 Å². The molecular weight excluding hydrogens is 379 g/mol. The van der Waals surface area contributed by atoms with Crippen molar-refractivity contribution in [2.75, 3.05) is 0 Å². The summed E-state index contributed by atoms with van der Waals surface area (Å²) in [6, 6.07) is 6.45. The summed E-state index contributed by atoms with van der Waals surface area (Å²) in [5, 5.41) is 0. The zero-order valence-electron chi connectivity index (χ0n) is 16.1. The van der Waals surface area contributed by atoms with Crippen LogP contribution >= 0.6 is 0 Å². The maximum atomic E-state index is 13.2. The zero-order chi connectivity index (χ0) is 20.6. The molecule has 29 heavy (non-hydrogen) atoms. The van der Waals surface area contributed by atoms with Gasteiger partial charge in [0.15, 0.2) is 5.78 Å². The molecule has 2 aromatic rings. The summed E-state index contributed by atoms with van der Waals surface area (Å²) in [5.41, 5.74) is 7.99. The first-order chi connectivity index (χ1) is 13.9. The van der Waals surface area contributed by atoms with Gasteiger partial charge in [0.05, 0.1) is 5.69 Å². The molecule has 0 bridgehead atoms. The molecule has 4 rings (SSSR count). The first-order valence-corrected chi connectivity index (χ1v) is 10.1. The minimum atomic E-state index is -4.42. The molecule has 4 nitrogen and oxygen atoms in total. The van der Waals surface area contributed by atoms with Crippen LogP contribution in [0.2, 0.25) is 0 Å². The lowest BCUT2D eigenvalue weighted by Gasteiger charge is -2.28. The first kappa shape index (κ1) is 20.0. The molecule has 0 radical (unpaired) electrons. The zero-order valence-corrected chi connectivity index (χ0v) is 16.1. The van der Waals surface area contributed by atoms with Crippen LogP contribution in [0.1, 0.15) is 83.4 Å². The van der Waals surface area contributed by atoms with Gasteiger partial charge >= 0.3 is 6.18 Å². The Balaban J connectivity index is 1.44. The Hall–Kier alpha value is -2.28. The highest BCUT2D eigenvalue weighted by molar-refractivity contribution is 5.97. The van der Waals surface area contributed by atoms with Crippen molar-refractivity contribution >= 4 is 5.78 Å². The number of Topliss-reactive ketones (excluding diaryl/α,β-unsaturated/α-hetero) is 1. The molecule has 2 saturated carbocycles. The molecule has 0 saturated heterocycles. The fourth-order valence-corrected chi connectivity index (χ4v) is 4.24. The quantitative estimate of drug-likeness (QED) is 0.714. The number of rotatable bonds is 5. The monoisotopic (exact) mass is 403 g/mol. The average Bonchev–Trinajstić information content (AvgIpc) is 3.58. The Morgan fingerprint density at radius 1 is 1.00 bits per heavy atom. The lowest BCUT2D eigenvalue weighted by atomic mass is 9.76. The number of hydrogen-bond donors (Lipinski definition) is 1. The van der Waals surface area contributed by atoms with Crippen LogP contribution in [0.3, 0.4) is 0 Å². The summed E-state index contributed by atoms with van der Waals surface area (Å²) in [6.45, 7) is 0.304. The van der Waals surface area contributed by atoms with Crippen LogP contribution < -0.4 is 5.73 Å². The second-order valence-corrected chi connectivity index (χ2v) is 8.11. The molecule has 0 amide bonds. The lowest BCUT2D eigenvalue weighted by Crippen LogP contribution is -2.24. The van der Waals surface area contributed by atoms with E-state index >= 15 is 0 Å². The minimum absolute atomic E-state index is 0.0891. The Kier molecular flexibility index (Phi) is 5.42. The molecule has 2 aromatic heterocycles. The Morgan fingerprint density at radius 3 is 2.24 bits per heavy atom. The fourth-order valence-electron chi connectivity index (χ4n) is 4.24. The van der Waals surface area contributed by atoms with Crippen LogP contribution in [0.25, 0.3) is 0 Å². The molecular formula is C22H24F3N3O. The number of aromatic nitrogens is 2. The smallest absolute Gasteiger partial charge is 0.325 e. The molecule has 0 atom stereocenters. The van der Waals surface area contributed by atoms with Gasteiger partial charge in [-0.25, -0.2) is 4.98 Å². The topological polar surface area (TPSA) is 68.9 Å². The van der Waals surface area contributed by atoms with Crippen LogP contribution in [0.15, 0.2) is 30.5 Å². The van der Waals surface area contributed by atoms with Crippen molar-refractivity contribution in [2.45, 2.75) is 63.1 Å². The maximum Gasteiger partial charge on any atom is 0.433 e. The number of hydrogen-bond acceptors (Lipinski definition) is 4. The van der Waals surface area contributed by atoms with Crippen molar-refractivity contribution in [1.82, 2.24) is 9.97 Å².